The predicted molar refractivity (Wildman–Crippen MR) is 78.9 cm³/mol. The molecule has 11 heteroatoms. The van der Waals surface area contributed by atoms with Gasteiger partial charge in [0, 0.05) is 19.6 Å². The van der Waals surface area contributed by atoms with Crippen LogP contribution in [0.5, 0.6) is 0 Å². The Kier molecular flexibility index (Phi) is 11.1. The van der Waals surface area contributed by atoms with Crippen LogP contribution in [-0.2, 0) is 23.9 Å². The fraction of sp³-hybridized carbons (Fsp3) is 0.692. The van der Waals surface area contributed by atoms with E-state index in [1.807, 2.05) is 0 Å². The largest absolute Gasteiger partial charge is 0.481 e. The Morgan fingerprint density at radius 2 is 1.04 bits per heavy atom. The highest BCUT2D eigenvalue weighted by atomic mass is 16.5. The summed E-state index contributed by atoms with van der Waals surface area (Å²) in [6, 6.07) is 0. The number of rotatable bonds is 15. The van der Waals surface area contributed by atoms with E-state index in [1.54, 1.807) is 0 Å². The van der Waals surface area contributed by atoms with Crippen molar-refractivity contribution in [1.29, 1.82) is 0 Å². The van der Waals surface area contributed by atoms with Gasteiger partial charge in [0.15, 0.2) is 0 Å². The Balaban J connectivity index is 4.11. The van der Waals surface area contributed by atoms with E-state index in [2.05, 4.69) is 0 Å². The van der Waals surface area contributed by atoms with Gasteiger partial charge in [0.1, 0.15) is 0 Å². The average Bonchev–Trinajstić information content (AvgIpc) is 2.41. The van der Waals surface area contributed by atoms with Crippen LogP contribution < -0.4 is 0 Å². The van der Waals surface area contributed by atoms with Crippen LogP contribution in [0.3, 0.4) is 0 Å². The van der Waals surface area contributed by atoms with Gasteiger partial charge in [-0.1, -0.05) is 0 Å². The highest BCUT2D eigenvalue weighted by molar-refractivity contribution is 5.72. The zero-order chi connectivity index (χ0) is 18.5. The van der Waals surface area contributed by atoms with Crippen molar-refractivity contribution < 1.29 is 44.3 Å². The molecule has 138 valence electrons. The summed E-state index contributed by atoms with van der Waals surface area (Å²) in [4.78, 5) is 45.0. The van der Waals surface area contributed by atoms with E-state index in [0.29, 0.717) is 0 Å². The van der Waals surface area contributed by atoms with Gasteiger partial charge in [-0.15, -0.1) is 0 Å². The molecule has 0 aromatic heterocycles. The van der Waals surface area contributed by atoms with Gasteiger partial charge in [0.05, 0.1) is 39.3 Å². The first-order valence-electron chi connectivity index (χ1n) is 7.10. The van der Waals surface area contributed by atoms with Crippen molar-refractivity contribution in [2.75, 3.05) is 52.5 Å². The number of carbonyl (C=O) groups is 4. The Hall–Kier alpha value is -2.24. The van der Waals surface area contributed by atoms with Crippen molar-refractivity contribution in [1.82, 2.24) is 9.80 Å². The van der Waals surface area contributed by atoms with E-state index < -0.39 is 37.0 Å². The molecule has 0 amide bonds. The summed E-state index contributed by atoms with van der Waals surface area (Å²) >= 11 is 0. The fourth-order valence-electron chi connectivity index (χ4n) is 1.80. The lowest BCUT2D eigenvalue weighted by molar-refractivity contribution is -0.142. The molecule has 0 saturated heterocycles. The van der Waals surface area contributed by atoms with Gasteiger partial charge < -0.3 is 25.2 Å². The minimum absolute atomic E-state index is 0.0646. The zero-order valence-electron chi connectivity index (χ0n) is 13.1. The molecule has 0 aromatic carbocycles. The lowest BCUT2D eigenvalue weighted by Crippen LogP contribution is -2.38. The lowest BCUT2D eigenvalue weighted by Gasteiger charge is -2.20. The number of carboxylic acids is 4. The number of hydrogen-bond donors (Lipinski definition) is 4. The zero-order valence-corrected chi connectivity index (χ0v) is 13.1. The van der Waals surface area contributed by atoms with Crippen molar-refractivity contribution in [2.24, 2.45) is 0 Å². The summed E-state index contributed by atoms with van der Waals surface area (Å²) in [5.41, 5.74) is 0. The summed E-state index contributed by atoms with van der Waals surface area (Å²) in [6.07, 6.45) is -0.196. The molecule has 11 nitrogen and oxygen atoms in total. The highest BCUT2D eigenvalue weighted by Crippen LogP contribution is 1.94. The fourth-order valence-corrected chi connectivity index (χ4v) is 1.80. The monoisotopic (exact) mass is 350 g/mol. The molecule has 0 bridgehead atoms. The van der Waals surface area contributed by atoms with Crippen molar-refractivity contribution in [3.63, 3.8) is 0 Å². The molecule has 0 heterocycles. The first-order valence-corrected chi connectivity index (χ1v) is 7.10. The first kappa shape index (κ1) is 21.8. The molecular formula is C13H22N2O9. The average molecular weight is 350 g/mol. The van der Waals surface area contributed by atoms with E-state index in [0.717, 1.165) is 0 Å². The smallest absolute Gasteiger partial charge is 0.317 e. The molecule has 0 spiro atoms. The third-order valence-corrected chi connectivity index (χ3v) is 2.82. The molecular weight excluding hydrogens is 328 g/mol. The molecule has 4 N–H and O–H groups in total. The molecule has 0 radical (unpaired) electrons. The van der Waals surface area contributed by atoms with Crippen molar-refractivity contribution >= 4 is 23.9 Å². The number of hydrogen-bond acceptors (Lipinski definition) is 7. The minimum Gasteiger partial charge on any atom is -0.481 e. The second kappa shape index (κ2) is 12.2. The summed E-state index contributed by atoms with van der Waals surface area (Å²) in [5, 5.41) is 34.7. The first-order chi connectivity index (χ1) is 11.2. The van der Waals surface area contributed by atoms with Crippen LogP contribution in [0, 0.1) is 0 Å². The van der Waals surface area contributed by atoms with Gasteiger partial charge in [0.2, 0.25) is 0 Å². The third-order valence-electron chi connectivity index (χ3n) is 2.82. The molecule has 0 rings (SSSR count). The van der Waals surface area contributed by atoms with E-state index in [-0.39, 0.29) is 45.8 Å². The minimum atomic E-state index is -1.16. The maximum absolute atomic E-state index is 10.7. The molecule has 0 unspecified atom stereocenters. The molecule has 0 aliphatic rings. The maximum Gasteiger partial charge on any atom is 0.317 e. The number of carboxylic acid groups (broad SMARTS) is 4. The third kappa shape index (κ3) is 13.4. The van der Waals surface area contributed by atoms with Gasteiger partial charge in [-0.2, -0.15) is 0 Å². The van der Waals surface area contributed by atoms with E-state index >= 15 is 0 Å². The number of ether oxygens (including phenoxy) is 1. The van der Waals surface area contributed by atoms with Crippen molar-refractivity contribution in [2.45, 2.75) is 6.42 Å². The van der Waals surface area contributed by atoms with Gasteiger partial charge >= 0.3 is 23.9 Å². The predicted octanol–water partition coefficient (Wildman–Crippen LogP) is -1.66. The van der Waals surface area contributed by atoms with Crippen LogP contribution >= 0.6 is 0 Å². The molecule has 0 aromatic rings. The van der Waals surface area contributed by atoms with E-state index in [4.69, 9.17) is 25.2 Å². The molecule has 0 aliphatic heterocycles. The van der Waals surface area contributed by atoms with Crippen molar-refractivity contribution in [3.8, 4) is 0 Å². The van der Waals surface area contributed by atoms with E-state index in [1.165, 1.54) is 9.80 Å². The molecule has 0 aliphatic carbocycles. The highest BCUT2D eigenvalue weighted by Gasteiger charge is 2.14. The summed E-state index contributed by atoms with van der Waals surface area (Å²) in [5.74, 6) is -4.44. The van der Waals surface area contributed by atoms with Crippen LogP contribution in [0.4, 0.5) is 0 Å². The van der Waals surface area contributed by atoms with Crippen molar-refractivity contribution in [3.05, 3.63) is 0 Å². The van der Waals surface area contributed by atoms with Gasteiger partial charge in [-0.3, -0.25) is 29.0 Å². The van der Waals surface area contributed by atoms with Crippen LogP contribution in [0.25, 0.3) is 0 Å². The summed E-state index contributed by atoms with van der Waals surface area (Å²) in [7, 11) is 0. The molecule has 0 saturated carbocycles. The maximum atomic E-state index is 10.7. The van der Waals surface area contributed by atoms with Crippen LogP contribution in [0.1, 0.15) is 6.42 Å². The lowest BCUT2D eigenvalue weighted by atomic mass is 10.3. The SMILES string of the molecule is O=C(O)CCN(CCOCCN(CC(=O)O)CC(=O)O)CC(=O)O. The van der Waals surface area contributed by atoms with E-state index in [9.17, 15) is 19.2 Å². The van der Waals surface area contributed by atoms with Gasteiger partial charge in [-0.05, 0) is 0 Å². The van der Waals surface area contributed by atoms with Gasteiger partial charge in [0.25, 0.3) is 0 Å². The second-order valence-electron chi connectivity index (χ2n) is 4.92. The van der Waals surface area contributed by atoms with Crippen LogP contribution in [0.2, 0.25) is 0 Å². The Bertz CT molecular complexity index is 425. The van der Waals surface area contributed by atoms with Crippen LogP contribution in [-0.4, -0.2) is 107 Å². The summed E-state index contributed by atoms with van der Waals surface area (Å²) < 4.78 is 5.24. The van der Waals surface area contributed by atoms with Gasteiger partial charge in [-0.25, -0.2) is 0 Å². The number of nitrogens with zero attached hydrogens (tertiary/aromatic N) is 2. The summed E-state index contributed by atoms with van der Waals surface area (Å²) in [6.45, 7) is -0.653. The Morgan fingerprint density at radius 3 is 1.46 bits per heavy atom. The quantitative estimate of drug-likeness (QED) is 0.250. The topological polar surface area (TPSA) is 165 Å². The number of aliphatic carboxylic acids is 4. The molecule has 0 fully saturated rings. The Morgan fingerprint density at radius 1 is 0.625 bits per heavy atom. The van der Waals surface area contributed by atoms with Crippen LogP contribution in [0.15, 0.2) is 0 Å². The molecule has 0 atom stereocenters. The molecule has 24 heavy (non-hydrogen) atoms. The normalized spacial score (nSPS) is 10.9. The Labute approximate surface area is 138 Å². The standard InChI is InChI=1S/C13H22N2O9/c16-10(17)1-2-14(7-11(18)19)3-5-24-6-4-15(8-12(20)21)9-13(22)23/h1-9H2,(H,16,17)(H,18,19)(H,20,21)(H,22,23). The second-order valence-corrected chi connectivity index (χ2v) is 4.92.